The topological polar surface area (TPSA) is 109 Å². The van der Waals surface area contributed by atoms with Crippen molar-refractivity contribution in [3.05, 3.63) is 95.1 Å². The van der Waals surface area contributed by atoms with E-state index in [1.54, 1.807) is 48.5 Å². The first-order valence-electron chi connectivity index (χ1n) is 9.56. The van der Waals surface area contributed by atoms with Crippen molar-refractivity contribution in [2.75, 3.05) is 0 Å². The van der Waals surface area contributed by atoms with Gasteiger partial charge in [0.2, 0.25) is 0 Å². The van der Waals surface area contributed by atoms with Gasteiger partial charge in [0.15, 0.2) is 0 Å². The molecule has 2 heterocycles. The first-order chi connectivity index (χ1) is 15.4. The third-order valence-electron chi connectivity index (χ3n) is 4.71. The van der Waals surface area contributed by atoms with Crippen LogP contribution in [-0.2, 0) is 32.3 Å². The Hall–Kier alpha value is -4.46. The Morgan fingerprint density at radius 1 is 0.500 bits per heavy atom. The highest BCUT2D eigenvalue weighted by atomic mass is 16.2. The maximum Gasteiger partial charge on any atom is 0.253 e. The van der Waals surface area contributed by atoms with Crippen LogP contribution in [0.1, 0.15) is 31.8 Å². The summed E-state index contributed by atoms with van der Waals surface area (Å²) in [7, 11) is 0. The monoisotopic (exact) mass is 430 g/mol. The highest BCUT2D eigenvalue weighted by Crippen LogP contribution is 2.12. The standard InChI is InChI=1S/2C12H9NO3/c2*14-8-10-3-1-9(2-4-10)7-13-11(15)5-6-12(13)16/h2*1-6,8H,7H2. The number of imide groups is 2. The molecule has 0 atom stereocenters. The fourth-order valence-electron chi connectivity index (χ4n) is 2.94. The number of benzene rings is 2. The van der Waals surface area contributed by atoms with Crippen molar-refractivity contribution in [3.8, 4) is 0 Å². The normalized spacial score (nSPS) is 14.6. The van der Waals surface area contributed by atoms with Crippen molar-refractivity contribution < 1.29 is 28.8 Å². The molecule has 0 bridgehead atoms. The van der Waals surface area contributed by atoms with Crippen LogP contribution in [0.2, 0.25) is 0 Å². The van der Waals surface area contributed by atoms with E-state index in [0.29, 0.717) is 11.1 Å². The lowest BCUT2D eigenvalue weighted by Crippen LogP contribution is -2.29. The van der Waals surface area contributed by atoms with Gasteiger partial charge in [-0.1, -0.05) is 48.5 Å². The second-order valence-corrected chi connectivity index (χ2v) is 6.91. The molecule has 8 nitrogen and oxygen atoms in total. The summed E-state index contributed by atoms with van der Waals surface area (Å²) >= 11 is 0. The van der Waals surface area contributed by atoms with Crippen LogP contribution < -0.4 is 0 Å². The average Bonchev–Trinajstić information content (AvgIpc) is 3.31. The zero-order chi connectivity index (χ0) is 23.1. The van der Waals surface area contributed by atoms with Crippen molar-refractivity contribution in [1.82, 2.24) is 9.80 Å². The molecular weight excluding hydrogens is 412 g/mol. The first-order valence-corrected chi connectivity index (χ1v) is 9.56. The molecule has 4 amide bonds. The fourth-order valence-corrected chi connectivity index (χ4v) is 2.94. The second-order valence-electron chi connectivity index (χ2n) is 6.91. The van der Waals surface area contributed by atoms with Gasteiger partial charge in [-0.25, -0.2) is 0 Å². The minimum Gasteiger partial charge on any atom is -0.298 e. The van der Waals surface area contributed by atoms with Gasteiger partial charge in [-0.2, -0.15) is 0 Å². The van der Waals surface area contributed by atoms with Crippen LogP contribution in [0.4, 0.5) is 0 Å². The maximum absolute atomic E-state index is 11.3. The van der Waals surface area contributed by atoms with Gasteiger partial charge in [0, 0.05) is 35.4 Å². The highest BCUT2D eigenvalue weighted by Gasteiger charge is 2.23. The summed E-state index contributed by atoms with van der Waals surface area (Å²) in [6, 6.07) is 13.5. The molecular formula is C24H18N2O6. The largest absolute Gasteiger partial charge is 0.298 e. The molecule has 4 rings (SSSR count). The van der Waals surface area contributed by atoms with Crippen molar-refractivity contribution in [3.63, 3.8) is 0 Å². The van der Waals surface area contributed by atoms with Gasteiger partial charge in [0.25, 0.3) is 23.6 Å². The number of hydrogen-bond acceptors (Lipinski definition) is 6. The van der Waals surface area contributed by atoms with E-state index in [4.69, 9.17) is 0 Å². The zero-order valence-corrected chi connectivity index (χ0v) is 16.8. The number of carbonyl (C=O) groups is 6. The van der Waals surface area contributed by atoms with E-state index in [2.05, 4.69) is 0 Å². The number of amides is 4. The molecule has 8 heteroatoms. The van der Waals surface area contributed by atoms with E-state index in [1.165, 1.54) is 24.3 Å². The lowest BCUT2D eigenvalue weighted by molar-refractivity contribution is -0.139. The molecule has 0 aromatic heterocycles. The molecule has 0 spiro atoms. The van der Waals surface area contributed by atoms with E-state index < -0.39 is 0 Å². The molecule has 0 saturated carbocycles. The SMILES string of the molecule is O=Cc1ccc(CN2C(=O)C=CC2=O)cc1.O=Cc1ccc(CN2C(=O)C=CC2=O)cc1. The third-order valence-corrected chi connectivity index (χ3v) is 4.71. The number of hydrogen-bond donors (Lipinski definition) is 0. The summed E-state index contributed by atoms with van der Waals surface area (Å²) in [5.74, 6) is -1.21. The lowest BCUT2D eigenvalue weighted by atomic mass is 10.1. The van der Waals surface area contributed by atoms with Gasteiger partial charge < -0.3 is 0 Å². The van der Waals surface area contributed by atoms with Gasteiger partial charge in [0.1, 0.15) is 12.6 Å². The average molecular weight is 430 g/mol. The second kappa shape index (κ2) is 10.0. The minimum absolute atomic E-state index is 0.240. The summed E-state index contributed by atoms with van der Waals surface area (Å²) in [5, 5.41) is 0. The minimum atomic E-state index is -0.301. The van der Waals surface area contributed by atoms with Gasteiger partial charge in [-0.05, 0) is 11.1 Å². The van der Waals surface area contributed by atoms with Crippen LogP contribution in [0.5, 0.6) is 0 Å². The molecule has 0 aliphatic carbocycles. The Bertz CT molecular complexity index is 1000. The predicted octanol–water partition coefficient (Wildman–Crippen LogP) is 1.85. The lowest BCUT2D eigenvalue weighted by Gasteiger charge is -2.13. The molecule has 0 N–H and O–H groups in total. The Morgan fingerprint density at radius 3 is 1.03 bits per heavy atom. The fraction of sp³-hybridized carbons (Fsp3) is 0.0833. The molecule has 2 aliphatic rings. The van der Waals surface area contributed by atoms with Crippen molar-refractivity contribution >= 4 is 36.2 Å². The van der Waals surface area contributed by atoms with Crippen LogP contribution in [0.25, 0.3) is 0 Å². The summed E-state index contributed by atoms with van der Waals surface area (Å²) < 4.78 is 0. The van der Waals surface area contributed by atoms with Crippen LogP contribution >= 0.6 is 0 Å². The van der Waals surface area contributed by atoms with Crippen LogP contribution in [0.15, 0.2) is 72.8 Å². The quantitative estimate of drug-likeness (QED) is 0.511. The molecule has 0 radical (unpaired) electrons. The summed E-state index contributed by atoms with van der Waals surface area (Å²) in [4.78, 5) is 68.3. The molecule has 2 aromatic rings. The van der Waals surface area contributed by atoms with Crippen molar-refractivity contribution in [1.29, 1.82) is 0 Å². The van der Waals surface area contributed by atoms with Gasteiger partial charge in [-0.3, -0.25) is 38.6 Å². The number of rotatable bonds is 6. The molecule has 2 aliphatic heterocycles. The number of carbonyl (C=O) groups excluding carboxylic acids is 6. The molecule has 160 valence electrons. The Kier molecular flexibility index (Phi) is 6.97. The van der Waals surface area contributed by atoms with Crippen LogP contribution in [0, 0.1) is 0 Å². The number of nitrogens with zero attached hydrogens (tertiary/aromatic N) is 2. The molecule has 0 unspecified atom stereocenters. The number of aldehydes is 2. The Balaban J connectivity index is 0.000000181. The predicted molar refractivity (Wildman–Crippen MR) is 113 cm³/mol. The summed E-state index contributed by atoms with van der Waals surface area (Å²) in [6.07, 6.45) is 6.50. The zero-order valence-electron chi connectivity index (χ0n) is 16.8. The highest BCUT2D eigenvalue weighted by molar-refractivity contribution is 6.13. The van der Waals surface area contributed by atoms with Gasteiger partial charge in [0.05, 0.1) is 13.1 Å². The van der Waals surface area contributed by atoms with E-state index in [1.807, 2.05) is 0 Å². The molecule has 0 saturated heterocycles. The van der Waals surface area contributed by atoms with Gasteiger partial charge in [-0.15, -0.1) is 0 Å². The maximum atomic E-state index is 11.3. The smallest absolute Gasteiger partial charge is 0.253 e. The van der Waals surface area contributed by atoms with Crippen LogP contribution in [0.3, 0.4) is 0 Å². The van der Waals surface area contributed by atoms with Crippen molar-refractivity contribution in [2.45, 2.75) is 13.1 Å². The van der Waals surface area contributed by atoms with Crippen LogP contribution in [-0.4, -0.2) is 46.0 Å². The Morgan fingerprint density at radius 2 is 0.781 bits per heavy atom. The third kappa shape index (κ3) is 5.37. The Labute approximate surface area is 183 Å². The molecule has 32 heavy (non-hydrogen) atoms. The first kappa shape index (κ1) is 22.2. The van der Waals surface area contributed by atoms with Gasteiger partial charge >= 0.3 is 0 Å². The van der Waals surface area contributed by atoms with E-state index in [-0.39, 0.29) is 36.7 Å². The van der Waals surface area contributed by atoms with E-state index in [0.717, 1.165) is 33.5 Å². The van der Waals surface area contributed by atoms with E-state index in [9.17, 15) is 28.8 Å². The summed E-state index contributed by atoms with van der Waals surface area (Å²) in [6.45, 7) is 0.480. The van der Waals surface area contributed by atoms with E-state index >= 15 is 0 Å². The molecule has 2 aromatic carbocycles. The van der Waals surface area contributed by atoms with Crippen molar-refractivity contribution in [2.24, 2.45) is 0 Å². The molecule has 0 fully saturated rings. The summed E-state index contributed by atoms with van der Waals surface area (Å²) in [5.41, 5.74) is 2.77.